The van der Waals surface area contributed by atoms with Crippen LogP contribution in [0.15, 0.2) is 40.9 Å². The van der Waals surface area contributed by atoms with Crippen molar-refractivity contribution in [2.24, 2.45) is 0 Å². The highest BCUT2D eigenvalue weighted by molar-refractivity contribution is 5.74. The lowest BCUT2D eigenvalue weighted by molar-refractivity contribution is -0.129. The number of fused-ring (bicyclic) bond motifs is 1. The van der Waals surface area contributed by atoms with Crippen molar-refractivity contribution in [3.05, 3.63) is 59.3 Å². The summed E-state index contributed by atoms with van der Waals surface area (Å²) in [4.78, 5) is 27.5. The van der Waals surface area contributed by atoms with Crippen LogP contribution in [0, 0.1) is 6.92 Å². The number of aryl methyl sites for hydroxylation is 1. The molecule has 0 atom stereocenters. The zero-order chi connectivity index (χ0) is 19.5. The molecular weight excluding hydrogens is 354 g/mol. The number of hydrogen-bond acceptors (Lipinski definition) is 6. The highest BCUT2D eigenvalue weighted by Crippen LogP contribution is 2.26. The lowest BCUT2D eigenvalue weighted by Gasteiger charge is -2.28. The van der Waals surface area contributed by atoms with Gasteiger partial charge in [-0.2, -0.15) is 0 Å². The lowest BCUT2D eigenvalue weighted by Crippen LogP contribution is -2.35. The van der Waals surface area contributed by atoms with Crippen molar-refractivity contribution in [1.29, 1.82) is 0 Å². The number of nitrogens with one attached hydrogen (secondary N) is 1. The summed E-state index contributed by atoms with van der Waals surface area (Å²) in [6.45, 7) is 5.42. The van der Waals surface area contributed by atoms with E-state index in [-0.39, 0.29) is 5.91 Å². The van der Waals surface area contributed by atoms with Gasteiger partial charge in [0.05, 0.1) is 12.2 Å². The Morgan fingerprint density at radius 1 is 1.25 bits per heavy atom. The third-order valence-corrected chi connectivity index (χ3v) is 4.86. The second kappa shape index (κ2) is 7.80. The van der Waals surface area contributed by atoms with Crippen LogP contribution in [0.25, 0.3) is 11.5 Å². The molecule has 1 amide bonds. The molecule has 144 valence electrons. The minimum absolute atomic E-state index is 0.0614. The summed E-state index contributed by atoms with van der Waals surface area (Å²) in [6.07, 6.45) is 3.23. The summed E-state index contributed by atoms with van der Waals surface area (Å²) >= 11 is 0. The maximum atomic E-state index is 11.8. The Hall–Kier alpha value is -3.22. The van der Waals surface area contributed by atoms with Crippen LogP contribution < -0.4 is 5.32 Å². The third-order valence-electron chi connectivity index (χ3n) is 4.86. The SMILES string of the molecule is CC(=O)N1CCc2c(nc(-c3ccccn3)nc2NCCc2ccc(C)o2)C1. The van der Waals surface area contributed by atoms with Gasteiger partial charge in [-0.25, -0.2) is 9.97 Å². The Kier molecular flexibility index (Phi) is 5.06. The number of aromatic nitrogens is 3. The Labute approximate surface area is 163 Å². The van der Waals surface area contributed by atoms with E-state index in [4.69, 9.17) is 14.4 Å². The second-order valence-electron chi connectivity index (χ2n) is 6.92. The molecule has 7 heteroatoms. The second-order valence-corrected chi connectivity index (χ2v) is 6.92. The van der Waals surface area contributed by atoms with Crippen molar-refractivity contribution in [3.8, 4) is 11.5 Å². The van der Waals surface area contributed by atoms with Crippen LogP contribution in [0.2, 0.25) is 0 Å². The summed E-state index contributed by atoms with van der Waals surface area (Å²) in [5.74, 6) is 3.31. The smallest absolute Gasteiger partial charge is 0.219 e. The van der Waals surface area contributed by atoms with Gasteiger partial charge in [0.15, 0.2) is 5.82 Å². The van der Waals surface area contributed by atoms with E-state index >= 15 is 0 Å². The molecule has 0 aromatic carbocycles. The number of carbonyl (C=O) groups is 1. The number of amides is 1. The summed E-state index contributed by atoms with van der Waals surface area (Å²) in [5.41, 5.74) is 2.68. The van der Waals surface area contributed by atoms with Gasteiger partial charge in [-0.1, -0.05) is 6.07 Å². The summed E-state index contributed by atoms with van der Waals surface area (Å²) < 4.78 is 5.64. The first-order valence-electron chi connectivity index (χ1n) is 9.46. The van der Waals surface area contributed by atoms with Crippen molar-refractivity contribution in [3.63, 3.8) is 0 Å². The van der Waals surface area contributed by atoms with Gasteiger partial charge in [0.25, 0.3) is 0 Å². The van der Waals surface area contributed by atoms with E-state index in [0.717, 1.165) is 47.1 Å². The van der Waals surface area contributed by atoms with Gasteiger partial charge in [-0.3, -0.25) is 9.78 Å². The van der Waals surface area contributed by atoms with Gasteiger partial charge in [0.1, 0.15) is 23.0 Å². The van der Waals surface area contributed by atoms with Gasteiger partial charge in [-0.05, 0) is 37.6 Å². The van der Waals surface area contributed by atoms with Crippen LogP contribution in [0.1, 0.15) is 29.7 Å². The first kappa shape index (κ1) is 18.2. The molecule has 0 saturated heterocycles. The lowest BCUT2D eigenvalue weighted by atomic mass is 10.0. The largest absolute Gasteiger partial charge is 0.466 e. The van der Waals surface area contributed by atoms with E-state index in [1.165, 1.54) is 0 Å². The van der Waals surface area contributed by atoms with Gasteiger partial charge < -0.3 is 14.6 Å². The number of rotatable bonds is 5. The van der Waals surface area contributed by atoms with Gasteiger partial charge in [0, 0.05) is 38.2 Å². The molecule has 0 bridgehead atoms. The number of pyridine rings is 1. The molecular formula is C21H23N5O2. The minimum atomic E-state index is 0.0614. The fourth-order valence-electron chi connectivity index (χ4n) is 3.38. The average Bonchev–Trinajstić information content (AvgIpc) is 3.13. The first-order chi connectivity index (χ1) is 13.6. The number of anilines is 1. The van der Waals surface area contributed by atoms with Crippen molar-refractivity contribution in [2.45, 2.75) is 33.2 Å². The van der Waals surface area contributed by atoms with Crippen LogP contribution in [-0.4, -0.2) is 38.8 Å². The molecule has 0 radical (unpaired) electrons. The fourth-order valence-corrected chi connectivity index (χ4v) is 3.38. The Balaban J connectivity index is 1.62. The van der Waals surface area contributed by atoms with E-state index in [9.17, 15) is 4.79 Å². The van der Waals surface area contributed by atoms with Gasteiger partial charge >= 0.3 is 0 Å². The molecule has 1 aliphatic rings. The molecule has 4 rings (SSSR count). The molecule has 0 aliphatic carbocycles. The summed E-state index contributed by atoms with van der Waals surface area (Å²) in [6, 6.07) is 9.64. The molecule has 28 heavy (non-hydrogen) atoms. The van der Waals surface area contributed by atoms with Crippen LogP contribution in [0.5, 0.6) is 0 Å². The van der Waals surface area contributed by atoms with Crippen molar-refractivity contribution < 1.29 is 9.21 Å². The van der Waals surface area contributed by atoms with Crippen molar-refractivity contribution in [2.75, 3.05) is 18.4 Å². The van der Waals surface area contributed by atoms with Gasteiger partial charge in [0.2, 0.25) is 5.91 Å². The van der Waals surface area contributed by atoms with Crippen LogP contribution >= 0.6 is 0 Å². The average molecular weight is 377 g/mol. The molecule has 0 saturated carbocycles. The minimum Gasteiger partial charge on any atom is -0.466 e. The topological polar surface area (TPSA) is 84.2 Å². The molecule has 7 nitrogen and oxygen atoms in total. The van der Waals surface area contributed by atoms with Crippen LogP contribution in [0.3, 0.4) is 0 Å². The zero-order valence-electron chi connectivity index (χ0n) is 16.1. The van der Waals surface area contributed by atoms with E-state index in [0.29, 0.717) is 25.5 Å². The molecule has 3 aromatic rings. The molecule has 1 N–H and O–H groups in total. The van der Waals surface area contributed by atoms with E-state index in [1.807, 2.05) is 42.2 Å². The summed E-state index contributed by atoms with van der Waals surface area (Å²) in [5, 5.41) is 3.44. The molecule has 3 aromatic heterocycles. The van der Waals surface area contributed by atoms with E-state index < -0.39 is 0 Å². The monoisotopic (exact) mass is 377 g/mol. The fraction of sp³-hybridized carbons (Fsp3) is 0.333. The third kappa shape index (κ3) is 3.88. The van der Waals surface area contributed by atoms with Crippen LogP contribution in [-0.2, 0) is 24.2 Å². The summed E-state index contributed by atoms with van der Waals surface area (Å²) in [7, 11) is 0. The molecule has 1 aliphatic heterocycles. The predicted octanol–water partition coefficient (Wildman–Crippen LogP) is 3.00. The number of furan rings is 1. The number of nitrogens with zero attached hydrogens (tertiary/aromatic N) is 4. The molecule has 0 spiro atoms. The quantitative estimate of drug-likeness (QED) is 0.736. The van der Waals surface area contributed by atoms with Gasteiger partial charge in [-0.15, -0.1) is 0 Å². The standard InChI is InChI=1S/C21H23N5O2/c1-14-6-7-16(28-14)8-11-23-20-17-9-12-26(15(2)27)13-19(17)24-21(25-20)18-5-3-4-10-22-18/h3-7,10H,8-9,11-13H2,1-2H3,(H,23,24,25). The van der Waals surface area contributed by atoms with Crippen LogP contribution in [0.4, 0.5) is 5.82 Å². The Morgan fingerprint density at radius 3 is 2.86 bits per heavy atom. The number of carbonyl (C=O) groups excluding carboxylic acids is 1. The normalized spacial score (nSPS) is 13.3. The Bertz CT molecular complexity index is 984. The van der Waals surface area contributed by atoms with Crippen molar-refractivity contribution >= 4 is 11.7 Å². The maximum absolute atomic E-state index is 11.8. The maximum Gasteiger partial charge on any atom is 0.219 e. The highest BCUT2D eigenvalue weighted by atomic mass is 16.3. The van der Waals surface area contributed by atoms with E-state index in [2.05, 4.69) is 10.3 Å². The number of hydrogen-bond donors (Lipinski definition) is 1. The molecule has 0 unspecified atom stereocenters. The van der Waals surface area contributed by atoms with E-state index in [1.54, 1.807) is 13.1 Å². The highest BCUT2D eigenvalue weighted by Gasteiger charge is 2.24. The first-order valence-corrected chi connectivity index (χ1v) is 9.46. The van der Waals surface area contributed by atoms with Crippen molar-refractivity contribution in [1.82, 2.24) is 19.9 Å². The Morgan fingerprint density at radius 2 is 2.14 bits per heavy atom. The predicted molar refractivity (Wildman–Crippen MR) is 106 cm³/mol. The zero-order valence-corrected chi connectivity index (χ0v) is 16.1. The molecule has 4 heterocycles. The molecule has 0 fully saturated rings.